The number of rotatable bonds is 8. The summed E-state index contributed by atoms with van der Waals surface area (Å²) >= 11 is 0. The fourth-order valence-corrected chi connectivity index (χ4v) is 4.19. The summed E-state index contributed by atoms with van der Waals surface area (Å²) in [5.41, 5.74) is -1.36. The predicted molar refractivity (Wildman–Crippen MR) is 97.3 cm³/mol. The van der Waals surface area contributed by atoms with Crippen molar-refractivity contribution in [3.8, 4) is 0 Å². The van der Waals surface area contributed by atoms with E-state index in [4.69, 9.17) is 9.47 Å². The molecule has 2 aliphatic rings. The molecule has 2 rings (SSSR count). The van der Waals surface area contributed by atoms with Crippen molar-refractivity contribution in [2.45, 2.75) is 90.7 Å². The summed E-state index contributed by atoms with van der Waals surface area (Å²) in [6.45, 7) is 5.75. The van der Waals surface area contributed by atoms with Gasteiger partial charge in [0, 0.05) is 12.0 Å². The van der Waals surface area contributed by atoms with Crippen LogP contribution in [0.2, 0.25) is 0 Å². The van der Waals surface area contributed by atoms with Crippen molar-refractivity contribution in [2.24, 2.45) is 11.3 Å². The largest absolute Gasteiger partial charge is 0.465 e. The second-order valence-corrected chi connectivity index (χ2v) is 7.61. The van der Waals surface area contributed by atoms with E-state index >= 15 is 0 Å². The quantitative estimate of drug-likeness (QED) is 0.405. The van der Waals surface area contributed by atoms with Crippen molar-refractivity contribution in [2.75, 3.05) is 6.61 Å². The molecule has 1 aliphatic heterocycles. The lowest BCUT2D eigenvalue weighted by Gasteiger charge is -2.28. The molecular formula is C20H33NO5. The van der Waals surface area contributed by atoms with Gasteiger partial charge in [-0.1, -0.05) is 52.4 Å². The monoisotopic (exact) mass is 367 g/mol. The Kier molecular flexibility index (Phi) is 7.47. The maximum Gasteiger partial charge on any atom is 0.324 e. The molecule has 0 spiro atoms. The van der Waals surface area contributed by atoms with Crippen LogP contribution in [0.1, 0.15) is 78.6 Å². The Morgan fingerprint density at radius 3 is 2.50 bits per heavy atom. The van der Waals surface area contributed by atoms with E-state index in [-0.39, 0.29) is 18.6 Å². The highest BCUT2D eigenvalue weighted by Gasteiger charge is 2.62. The molecule has 0 aromatic heterocycles. The lowest BCUT2D eigenvalue weighted by atomic mass is 9.72. The zero-order chi connectivity index (χ0) is 19.2. The molecule has 2 fully saturated rings. The molecule has 0 aromatic carbocycles. The van der Waals surface area contributed by atoms with Crippen LogP contribution in [-0.4, -0.2) is 36.6 Å². The first kappa shape index (κ1) is 20.7. The first-order chi connectivity index (χ1) is 12.5. The van der Waals surface area contributed by atoms with E-state index in [1.54, 1.807) is 13.8 Å². The number of esters is 2. The van der Waals surface area contributed by atoms with Crippen LogP contribution in [-0.2, 0) is 23.9 Å². The number of nitrogens with one attached hydrogen (secondary N) is 1. The van der Waals surface area contributed by atoms with Gasteiger partial charge in [0.05, 0.1) is 6.61 Å². The average Bonchev–Trinajstić information content (AvgIpc) is 2.88. The fraction of sp³-hybridized carbons (Fsp3) is 0.850. The van der Waals surface area contributed by atoms with Gasteiger partial charge in [-0.05, 0) is 26.2 Å². The third-order valence-electron chi connectivity index (χ3n) is 5.85. The highest BCUT2D eigenvalue weighted by molar-refractivity contribution is 6.04. The van der Waals surface area contributed by atoms with E-state index in [0.717, 1.165) is 44.9 Å². The highest BCUT2D eigenvalue weighted by Crippen LogP contribution is 2.45. The summed E-state index contributed by atoms with van der Waals surface area (Å²) in [5, 5.41) is 3.02. The van der Waals surface area contributed by atoms with Crippen LogP contribution < -0.4 is 5.32 Å². The third-order valence-corrected chi connectivity index (χ3v) is 5.85. The number of carbonyl (C=O) groups excluding carboxylic acids is 3. The van der Waals surface area contributed by atoms with Crippen molar-refractivity contribution in [1.29, 1.82) is 0 Å². The number of ether oxygens (including phenoxy) is 2. The van der Waals surface area contributed by atoms with E-state index < -0.39 is 29.4 Å². The normalized spacial score (nSPS) is 29.3. The van der Waals surface area contributed by atoms with Gasteiger partial charge >= 0.3 is 11.9 Å². The van der Waals surface area contributed by atoms with Crippen LogP contribution in [0.3, 0.4) is 0 Å². The molecule has 1 aliphatic carbocycles. The number of cyclic esters (lactones) is 1. The Bertz CT molecular complexity index is 514. The number of amides is 1. The molecule has 0 unspecified atom stereocenters. The Hall–Kier alpha value is -1.59. The molecule has 6 heteroatoms. The lowest BCUT2D eigenvalue weighted by Crippen LogP contribution is -2.47. The van der Waals surface area contributed by atoms with Gasteiger partial charge in [0.1, 0.15) is 0 Å². The van der Waals surface area contributed by atoms with E-state index in [0.29, 0.717) is 6.42 Å². The maximum absolute atomic E-state index is 12.7. The standard InChI is InChI=1S/C20H33NO5/c1-4-6-10-13-20(18(23)25-5-2)14(3)16(26-19(20)24)17(22)21-15-11-8-7-9-12-15/h14-16H,4-13H2,1-3H3,(H,21,22)/t14-,16+,20-/m0/s1. The molecule has 6 nitrogen and oxygen atoms in total. The summed E-state index contributed by atoms with van der Waals surface area (Å²) in [6, 6.07) is 0.139. The molecule has 1 heterocycles. The second kappa shape index (κ2) is 9.38. The summed E-state index contributed by atoms with van der Waals surface area (Å²) in [6.07, 6.45) is 7.40. The van der Waals surface area contributed by atoms with Crippen molar-refractivity contribution in [3.63, 3.8) is 0 Å². The third kappa shape index (κ3) is 4.21. The van der Waals surface area contributed by atoms with Crippen LogP contribution in [0, 0.1) is 11.3 Å². The summed E-state index contributed by atoms with van der Waals surface area (Å²) in [5.74, 6) is -1.97. The van der Waals surface area contributed by atoms with Gasteiger partial charge < -0.3 is 14.8 Å². The van der Waals surface area contributed by atoms with Gasteiger partial charge in [0.15, 0.2) is 11.5 Å². The first-order valence-corrected chi connectivity index (χ1v) is 10.2. The number of unbranched alkanes of at least 4 members (excludes halogenated alkanes) is 2. The molecule has 148 valence electrons. The summed E-state index contributed by atoms with van der Waals surface area (Å²) in [7, 11) is 0. The van der Waals surface area contributed by atoms with Gasteiger partial charge in [-0.3, -0.25) is 14.4 Å². The summed E-state index contributed by atoms with van der Waals surface area (Å²) < 4.78 is 10.6. The van der Waals surface area contributed by atoms with Gasteiger partial charge in [0.25, 0.3) is 5.91 Å². The molecule has 1 amide bonds. The number of hydrogen-bond donors (Lipinski definition) is 1. The topological polar surface area (TPSA) is 81.7 Å². The van der Waals surface area contributed by atoms with Crippen LogP contribution in [0.5, 0.6) is 0 Å². The first-order valence-electron chi connectivity index (χ1n) is 10.2. The molecule has 1 N–H and O–H groups in total. The van der Waals surface area contributed by atoms with Gasteiger partial charge in [-0.15, -0.1) is 0 Å². The van der Waals surface area contributed by atoms with Gasteiger partial charge in [-0.25, -0.2) is 0 Å². The van der Waals surface area contributed by atoms with Crippen LogP contribution in [0.25, 0.3) is 0 Å². The molecule has 3 atom stereocenters. The van der Waals surface area contributed by atoms with Crippen LogP contribution >= 0.6 is 0 Å². The Labute approximate surface area is 156 Å². The molecule has 1 saturated carbocycles. The summed E-state index contributed by atoms with van der Waals surface area (Å²) in [4.78, 5) is 38.1. The minimum Gasteiger partial charge on any atom is -0.465 e. The zero-order valence-electron chi connectivity index (χ0n) is 16.3. The molecular weight excluding hydrogens is 334 g/mol. The maximum atomic E-state index is 12.7. The Morgan fingerprint density at radius 1 is 1.19 bits per heavy atom. The SMILES string of the molecule is CCCCC[C@]1(C(=O)OCC)C(=O)O[C@@H](C(=O)NC2CCCCC2)[C@@H]1C. The molecule has 0 radical (unpaired) electrons. The highest BCUT2D eigenvalue weighted by atomic mass is 16.6. The predicted octanol–water partition coefficient (Wildman–Crippen LogP) is 3.13. The minimum atomic E-state index is -1.36. The van der Waals surface area contributed by atoms with Crippen LogP contribution in [0.4, 0.5) is 0 Å². The van der Waals surface area contributed by atoms with Crippen molar-refractivity contribution in [1.82, 2.24) is 5.32 Å². The molecule has 0 bridgehead atoms. The molecule has 26 heavy (non-hydrogen) atoms. The average molecular weight is 367 g/mol. The fourth-order valence-electron chi connectivity index (χ4n) is 4.19. The van der Waals surface area contributed by atoms with E-state index in [1.807, 2.05) is 0 Å². The van der Waals surface area contributed by atoms with E-state index in [1.165, 1.54) is 6.42 Å². The smallest absolute Gasteiger partial charge is 0.324 e. The van der Waals surface area contributed by atoms with Crippen molar-refractivity contribution < 1.29 is 23.9 Å². The Morgan fingerprint density at radius 2 is 1.88 bits per heavy atom. The van der Waals surface area contributed by atoms with Crippen molar-refractivity contribution >= 4 is 17.8 Å². The number of hydrogen-bond acceptors (Lipinski definition) is 5. The van der Waals surface area contributed by atoms with Crippen LogP contribution in [0.15, 0.2) is 0 Å². The minimum absolute atomic E-state index is 0.139. The van der Waals surface area contributed by atoms with E-state index in [2.05, 4.69) is 12.2 Å². The molecule has 1 saturated heterocycles. The van der Waals surface area contributed by atoms with Gasteiger partial charge in [0.2, 0.25) is 0 Å². The Balaban J connectivity index is 2.14. The van der Waals surface area contributed by atoms with Crippen molar-refractivity contribution in [3.05, 3.63) is 0 Å². The van der Waals surface area contributed by atoms with Gasteiger partial charge in [-0.2, -0.15) is 0 Å². The second-order valence-electron chi connectivity index (χ2n) is 7.61. The van der Waals surface area contributed by atoms with E-state index in [9.17, 15) is 14.4 Å². The zero-order valence-corrected chi connectivity index (χ0v) is 16.3. The molecule has 0 aromatic rings. The number of carbonyl (C=O) groups is 3. The lowest BCUT2D eigenvalue weighted by molar-refractivity contribution is -0.167.